The Hall–Kier alpha value is -2.91. The fourth-order valence-electron chi connectivity index (χ4n) is 3.18. The van der Waals surface area contributed by atoms with E-state index in [4.69, 9.17) is 0 Å². The van der Waals surface area contributed by atoms with E-state index in [0.717, 1.165) is 12.2 Å². The topological polar surface area (TPSA) is 29.9 Å². The number of fused-ring (bicyclic) bond motifs is 1. The van der Waals surface area contributed by atoms with Crippen LogP contribution in [0.5, 0.6) is 0 Å². The van der Waals surface area contributed by atoms with Crippen molar-refractivity contribution in [1.29, 1.82) is 0 Å². The van der Waals surface area contributed by atoms with Crippen molar-refractivity contribution >= 4 is 10.8 Å². The summed E-state index contributed by atoms with van der Waals surface area (Å²) in [6, 6.07) is 25.5. The third-order valence-electron chi connectivity index (χ3n) is 4.56. The van der Waals surface area contributed by atoms with Crippen LogP contribution < -0.4 is 5.32 Å². The van der Waals surface area contributed by atoms with E-state index in [1.807, 2.05) is 29.1 Å². The monoisotopic (exact) mass is 327 g/mol. The second kappa shape index (κ2) is 6.91. The molecule has 0 bridgehead atoms. The van der Waals surface area contributed by atoms with Crippen LogP contribution in [0, 0.1) is 0 Å². The van der Waals surface area contributed by atoms with E-state index in [1.54, 1.807) is 0 Å². The van der Waals surface area contributed by atoms with Crippen molar-refractivity contribution in [1.82, 2.24) is 15.1 Å². The predicted octanol–water partition coefficient (Wildman–Crippen LogP) is 4.88. The molecule has 0 fully saturated rings. The number of hydrogen-bond donors (Lipinski definition) is 1. The van der Waals surface area contributed by atoms with Crippen molar-refractivity contribution in [2.45, 2.75) is 19.5 Å². The molecule has 1 atom stereocenters. The van der Waals surface area contributed by atoms with Gasteiger partial charge in [0.25, 0.3) is 0 Å². The van der Waals surface area contributed by atoms with E-state index in [2.05, 4.69) is 78.1 Å². The summed E-state index contributed by atoms with van der Waals surface area (Å²) in [4.78, 5) is 0. The molecule has 0 saturated carbocycles. The first-order valence-electron chi connectivity index (χ1n) is 8.61. The normalized spacial score (nSPS) is 12.4. The summed E-state index contributed by atoms with van der Waals surface area (Å²) in [5.74, 6) is 0. The summed E-state index contributed by atoms with van der Waals surface area (Å²) >= 11 is 0. The maximum Gasteiger partial charge on any atom is 0.0645 e. The Bertz CT molecular complexity index is 967. The number of aromatic nitrogens is 2. The van der Waals surface area contributed by atoms with Gasteiger partial charge < -0.3 is 5.32 Å². The van der Waals surface area contributed by atoms with Gasteiger partial charge in [-0.05, 0) is 35.4 Å². The number of benzene rings is 3. The van der Waals surface area contributed by atoms with Gasteiger partial charge in [-0.3, -0.25) is 0 Å². The average Bonchev–Trinajstić information content (AvgIpc) is 3.15. The molecule has 0 amide bonds. The van der Waals surface area contributed by atoms with E-state index >= 15 is 0 Å². The van der Waals surface area contributed by atoms with Crippen LogP contribution in [0.2, 0.25) is 0 Å². The van der Waals surface area contributed by atoms with Gasteiger partial charge in [0.2, 0.25) is 0 Å². The lowest BCUT2D eigenvalue weighted by Crippen LogP contribution is -2.18. The molecule has 1 aromatic heterocycles. The molecule has 0 aliphatic carbocycles. The largest absolute Gasteiger partial charge is 0.306 e. The summed E-state index contributed by atoms with van der Waals surface area (Å²) in [6.45, 7) is 3.00. The van der Waals surface area contributed by atoms with Gasteiger partial charge in [0.05, 0.1) is 11.9 Å². The highest BCUT2D eigenvalue weighted by atomic mass is 15.3. The molecule has 124 valence electrons. The minimum absolute atomic E-state index is 0.270. The van der Waals surface area contributed by atoms with Crippen molar-refractivity contribution < 1.29 is 0 Å². The first-order chi connectivity index (χ1) is 12.3. The Balaban J connectivity index is 1.49. The number of nitrogens with one attached hydrogen (secondary N) is 1. The summed E-state index contributed by atoms with van der Waals surface area (Å²) in [6.07, 6.45) is 4.01. The Morgan fingerprint density at radius 3 is 2.56 bits per heavy atom. The number of rotatable bonds is 5. The zero-order valence-electron chi connectivity index (χ0n) is 14.3. The summed E-state index contributed by atoms with van der Waals surface area (Å²) < 4.78 is 1.92. The van der Waals surface area contributed by atoms with Crippen LogP contribution >= 0.6 is 0 Å². The van der Waals surface area contributed by atoms with E-state index in [0.29, 0.717) is 0 Å². The fraction of sp³-hybridized carbons (Fsp3) is 0.136. The Labute approximate surface area is 147 Å². The highest BCUT2D eigenvalue weighted by Crippen LogP contribution is 2.24. The molecule has 3 nitrogen and oxygen atoms in total. The van der Waals surface area contributed by atoms with Crippen LogP contribution in [-0.2, 0) is 6.54 Å². The minimum atomic E-state index is 0.270. The lowest BCUT2D eigenvalue weighted by molar-refractivity contribution is 0.578. The molecule has 0 spiro atoms. The first kappa shape index (κ1) is 15.6. The highest BCUT2D eigenvalue weighted by molar-refractivity contribution is 5.86. The molecule has 25 heavy (non-hydrogen) atoms. The van der Waals surface area contributed by atoms with Gasteiger partial charge in [0.15, 0.2) is 0 Å². The van der Waals surface area contributed by atoms with Crippen LogP contribution in [0.25, 0.3) is 16.5 Å². The molecule has 3 aromatic carbocycles. The SMILES string of the molecule is C[C@@H](NCc1cnn(-c2ccccc2)c1)c1cccc2ccccc12. The van der Waals surface area contributed by atoms with Gasteiger partial charge in [-0.15, -0.1) is 0 Å². The molecule has 0 aliphatic rings. The van der Waals surface area contributed by atoms with Crippen molar-refractivity contribution in [3.05, 3.63) is 96.3 Å². The minimum Gasteiger partial charge on any atom is -0.306 e. The summed E-state index contributed by atoms with van der Waals surface area (Å²) in [5, 5.41) is 10.7. The van der Waals surface area contributed by atoms with Crippen LogP contribution in [0.4, 0.5) is 0 Å². The van der Waals surface area contributed by atoms with E-state index in [9.17, 15) is 0 Å². The molecular formula is C22H21N3. The molecule has 4 rings (SSSR count). The maximum absolute atomic E-state index is 4.46. The van der Waals surface area contributed by atoms with Crippen LogP contribution in [0.15, 0.2) is 85.2 Å². The van der Waals surface area contributed by atoms with Crippen LogP contribution in [0.1, 0.15) is 24.1 Å². The Morgan fingerprint density at radius 1 is 0.920 bits per heavy atom. The summed E-state index contributed by atoms with van der Waals surface area (Å²) in [5.41, 5.74) is 3.58. The van der Waals surface area contributed by atoms with Crippen molar-refractivity contribution in [3.63, 3.8) is 0 Å². The molecule has 0 aliphatic heterocycles. The fourth-order valence-corrected chi connectivity index (χ4v) is 3.18. The number of hydrogen-bond acceptors (Lipinski definition) is 2. The van der Waals surface area contributed by atoms with Crippen molar-refractivity contribution in [3.8, 4) is 5.69 Å². The van der Waals surface area contributed by atoms with E-state index in [-0.39, 0.29) is 6.04 Å². The zero-order chi connectivity index (χ0) is 17.1. The van der Waals surface area contributed by atoms with Crippen molar-refractivity contribution in [2.24, 2.45) is 0 Å². The van der Waals surface area contributed by atoms with Crippen LogP contribution in [0.3, 0.4) is 0 Å². The van der Waals surface area contributed by atoms with Gasteiger partial charge >= 0.3 is 0 Å². The first-order valence-corrected chi connectivity index (χ1v) is 8.61. The lowest BCUT2D eigenvalue weighted by atomic mass is 9.99. The third kappa shape index (κ3) is 3.32. The average molecular weight is 327 g/mol. The highest BCUT2D eigenvalue weighted by Gasteiger charge is 2.09. The summed E-state index contributed by atoms with van der Waals surface area (Å²) in [7, 11) is 0. The second-order valence-electron chi connectivity index (χ2n) is 6.30. The van der Waals surface area contributed by atoms with Gasteiger partial charge in [-0.25, -0.2) is 4.68 Å². The Morgan fingerprint density at radius 2 is 1.68 bits per heavy atom. The molecule has 4 aromatic rings. The van der Waals surface area contributed by atoms with Gasteiger partial charge in [0, 0.05) is 24.3 Å². The van der Waals surface area contributed by atoms with E-state index in [1.165, 1.54) is 21.9 Å². The third-order valence-corrected chi connectivity index (χ3v) is 4.56. The van der Waals surface area contributed by atoms with Crippen molar-refractivity contribution in [2.75, 3.05) is 0 Å². The number of para-hydroxylation sites is 1. The molecule has 1 heterocycles. The lowest BCUT2D eigenvalue weighted by Gasteiger charge is -2.16. The Kier molecular flexibility index (Phi) is 4.32. The molecular weight excluding hydrogens is 306 g/mol. The molecule has 0 saturated heterocycles. The van der Waals surface area contributed by atoms with Gasteiger partial charge in [0.1, 0.15) is 0 Å². The number of nitrogens with zero attached hydrogens (tertiary/aromatic N) is 2. The second-order valence-corrected chi connectivity index (χ2v) is 6.30. The smallest absolute Gasteiger partial charge is 0.0645 e. The zero-order valence-corrected chi connectivity index (χ0v) is 14.3. The van der Waals surface area contributed by atoms with E-state index < -0.39 is 0 Å². The molecule has 0 radical (unpaired) electrons. The predicted molar refractivity (Wildman–Crippen MR) is 103 cm³/mol. The van der Waals surface area contributed by atoms with Crippen LogP contribution in [-0.4, -0.2) is 9.78 Å². The quantitative estimate of drug-likeness (QED) is 0.566. The molecule has 1 N–H and O–H groups in total. The van der Waals surface area contributed by atoms with Gasteiger partial charge in [-0.2, -0.15) is 5.10 Å². The van der Waals surface area contributed by atoms with Gasteiger partial charge in [-0.1, -0.05) is 60.7 Å². The maximum atomic E-state index is 4.46. The molecule has 3 heteroatoms. The standard InChI is InChI=1S/C22H21N3/c1-17(21-13-7-9-19-8-5-6-12-22(19)21)23-14-18-15-24-25(16-18)20-10-3-2-4-11-20/h2-13,15-17,23H,14H2,1H3/t17-/m1/s1. The molecule has 0 unspecified atom stereocenters.